The molecule has 2 saturated heterocycles. The van der Waals surface area contributed by atoms with Crippen LogP contribution in [0.15, 0.2) is 45.0 Å². The zero-order chi connectivity index (χ0) is 19.1. The molecule has 2 aliphatic rings. The van der Waals surface area contributed by atoms with Crippen molar-refractivity contribution in [2.24, 2.45) is 5.41 Å². The first-order chi connectivity index (χ1) is 13.7. The number of aromatic nitrogens is 2. The van der Waals surface area contributed by atoms with Crippen LogP contribution in [0.4, 0.5) is 11.6 Å². The van der Waals surface area contributed by atoms with E-state index in [0.717, 1.165) is 65.7 Å². The first-order valence-corrected chi connectivity index (χ1v) is 10.6. The highest BCUT2D eigenvalue weighted by molar-refractivity contribution is 7.99. The Labute approximate surface area is 172 Å². The summed E-state index contributed by atoms with van der Waals surface area (Å²) < 4.78 is 11.5. The maximum atomic E-state index is 6.30. The van der Waals surface area contributed by atoms with Crippen molar-refractivity contribution in [1.29, 1.82) is 0 Å². The molecule has 0 aromatic carbocycles. The second kappa shape index (κ2) is 7.13. The Bertz CT molecular complexity index is 1010. The predicted octanol–water partition coefficient (Wildman–Crippen LogP) is 4.62. The summed E-state index contributed by atoms with van der Waals surface area (Å²) in [4.78, 5) is 12.9. The number of halogens is 1. The lowest BCUT2D eigenvalue weighted by Crippen LogP contribution is -2.40. The van der Waals surface area contributed by atoms with E-state index in [2.05, 4.69) is 9.88 Å². The van der Waals surface area contributed by atoms with Crippen molar-refractivity contribution in [1.82, 2.24) is 9.97 Å². The van der Waals surface area contributed by atoms with Crippen LogP contribution in [0.1, 0.15) is 19.3 Å². The minimum atomic E-state index is 0.324. The lowest BCUT2D eigenvalue weighted by Gasteiger charge is -2.39. The van der Waals surface area contributed by atoms with Gasteiger partial charge in [0, 0.05) is 37.0 Å². The third kappa shape index (κ3) is 3.11. The van der Waals surface area contributed by atoms with E-state index >= 15 is 0 Å². The zero-order valence-corrected chi connectivity index (χ0v) is 16.9. The summed E-state index contributed by atoms with van der Waals surface area (Å²) in [5.41, 5.74) is 7.03. The SMILES string of the molecule is Nc1nccc(Sc2cnc(N3CCC4(CCOC4)CC3)c3ccoc23)c1Cl. The molecule has 3 aromatic rings. The molecule has 0 radical (unpaired) electrons. The summed E-state index contributed by atoms with van der Waals surface area (Å²) >= 11 is 7.79. The number of hydrogen-bond donors (Lipinski definition) is 1. The largest absolute Gasteiger partial charge is 0.463 e. The second-order valence-electron chi connectivity index (χ2n) is 7.51. The molecule has 5 heterocycles. The van der Waals surface area contributed by atoms with Gasteiger partial charge < -0.3 is 19.8 Å². The molecule has 0 saturated carbocycles. The van der Waals surface area contributed by atoms with E-state index in [1.54, 1.807) is 12.5 Å². The zero-order valence-electron chi connectivity index (χ0n) is 15.4. The number of anilines is 2. The maximum Gasteiger partial charge on any atom is 0.153 e. The van der Waals surface area contributed by atoms with Crippen molar-refractivity contribution in [2.45, 2.75) is 29.1 Å². The van der Waals surface area contributed by atoms with E-state index in [1.165, 1.54) is 18.2 Å². The van der Waals surface area contributed by atoms with Crippen LogP contribution in [-0.2, 0) is 4.74 Å². The minimum absolute atomic E-state index is 0.324. The Kier molecular flexibility index (Phi) is 4.61. The highest BCUT2D eigenvalue weighted by Crippen LogP contribution is 2.43. The average Bonchev–Trinajstić information content (AvgIpc) is 3.37. The van der Waals surface area contributed by atoms with Crippen molar-refractivity contribution in [3.8, 4) is 0 Å². The third-order valence-electron chi connectivity index (χ3n) is 5.84. The molecule has 0 unspecified atom stereocenters. The minimum Gasteiger partial charge on any atom is -0.463 e. The van der Waals surface area contributed by atoms with Gasteiger partial charge in [0.25, 0.3) is 0 Å². The molecule has 6 nitrogen and oxygen atoms in total. The smallest absolute Gasteiger partial charge is 0.153 e. The van der Waals surface area contributed by atoms with Crippen LogP contribution in [-0.4, -0.2) is 36.3 Å². The second-order valence-corrected chi connectivity index (χ2v) is 8.97. The number of rotatable bonds is 3. The molecule has 0 bridgehead atoms. The quantitative estimate of drug-likeness (QED) is 0.667. The van der Waals surface area contributed by atoms with E-state index in [0.29, 0.717) is 16.3 Å². The number of nitrogens with two attached hydrogens (primary N) is 1. The number of piperidine rings is 1. The van der Waals surface area contributed by atoms with Crippen molar-refractivity contribution in [3.63, 3.8) is 0 Å². The summed E-state index contributed by atoms with van der Waals surface area (Å²) in [5, 5.41) is 1.48. The standard InChI is InChI=1S/C20H21ClN4O2S/c21-16-14(1-6-23-18(16)22)28-15-11-24-19(13-2-9-27-17(13)15)25-7-3-20(4-8-25)5-10-26-12-20/h1-2,6,9,11H,3-5,7-8,10,12H2,(H2,22,23). The van der Waals surface area contributed by atoms with E-state index in [9.17, 15) is 0 Å². The van der Waals surface area contributed by atoms with Crippen molar-refractivity contribution < 1.29 is 9.15 Å². The summed E-state index contributed by atoms with van der Waals surface area (Å²) in [6, 6.07) is 3.84. The molecule has 2 aliphatic heterocycles. The van der Waals surface area contributed by atoms with Gasteiger partial charge in [0.2, 0.25) is 0 Å². The molecule has 2 N–H and O–H groups in total. The highest BCUT2D eigenvalue weighted by atomic mass is 35.5. The lowest BCUT2D eigenvalue weighted by atomic mass is 9.78. The lowest BCUT2D eigenvalue weighted by molar-refractivity contribution is 0.133. The van der Waals surface area contributed by atoms with Crippen LogP contribution >= 0.6 is 23.4 Å². The first kappa shape index (κ1) is 18.1. The van der Waals surface area contributed by atoms with Gasteiger partial charge in [-0.3, -0.25) is 0 Å². The van der Waals surface area contributed by atoms with Gasteiger partial charge in [-0.1, -0.05) is 23.4 Å². The molecular weight excluding hydrogens is 396 g/mol. The average molecular weight is 417 g/mol. The van der Waals surface area contributed by atoms with Gasteiger partial charge in [-0.15, -0.1) is 0 Å². The predicted molar refractivity (Wildman–Crippen MR) is 111 cm³/mol. The first-order valence-electron chi connectivity index (χ1n) is 9.42. The normalized spacial score (nSPS) is 19.0. The summed E-state index contributed by atoms with van der Waals surface area (Å²) in [6.07, 6.45) is 8.72. The van der Waals surface area contributed by atoms with Gasteiger partial charge in [-0.25, -0.2) is 9.97 Å². The summed E-state index contributed by atoms with van der Waals surface area (Å²) in [7, 11) is 0. The molecule has 146 valence electrons. The van der Waals surface area contributed by atoms with Crippen molar-refractivity contribution in [3.05, 3.63) is 35.8 Å². The Balaban J connectivity index is 1.43. The molecule has 3 aromatic heterocycles. The Morgan fingerprint density at radius 3 is 2.79 bits per heavy atom. The van der Waals surface area contributed by atoms with Crippen LogP contribution in [0.5, 0.6) is 0 Å². The molecule has 8 heteroatoms. The van der Waals surface area contributed by atoms with Crippen LogP contribution < -0.4 is 10.6 Å². The molecule has 5 rings (SSSR count). The van der Waals surface area contributed by atoms with Crippen molar-refractivity contribution in [2.75, 3.05) is 36.9 Å². The number of pyridine rings is 2. The fourth-order valence-electron chi connectivity index (χ4n) is 4.12. The highest BCUT2D eigenvalue weighted by Gasteiger charge is 2.38. The van der Waals surface area contributed by atoms with Gasteiger partial charge in [0.1, 0.15) is 11.6 Å². The molecule has 0 aliphatic carbocycles. The van der Waals surface area contributed by atoms with E-state index < -0.39 is 0 Å². The fourth-order valence-corrected chi connectivity index (χ4v) is 5.27. The maximum absolute atomic E-state index is 6.30. The van der Waals surface area contributed by atoms with Crippen LogP contribution in [0, 0.1) is 5.41 Å². The number of nitrogen functional groups attached to an aromatic ring is 1. The van der Waals surface area contributed by atoms with Crippen LogP contribution in [0.3, 0.4) is 0 Å². The molecule has 1 spiro atoms. The number of nitrogens with zero attached hydrogens (tertiary/aromatic N) is 3. The van der Waals surface area contributed by atoms with Gasteiger partial charge in [-0.2, -0.15) is 0 Å². The number of hydrogen-bond acceptors (Lipinski definition) is 7. The number of fused-ring (bicyclic) bond motifs is 1. The Morgan fingerprint density at radius 1 is 1.14 bits per heavy atom. The van der Waals surface area contributed by atoms with Gasteiger partial charge in [-0.05, 0) is 36.8 Å². The van der Waals surface area contributed by atoms with E-state index in [1.807, 2.05) is 18.3 Å². The van der Waals surface area contributed by atoms with E-state index in [-0.39, 0.29) is 0 Å². The number of furan rings is 1. The molecule has 2 fully saturated rings. The molecule has 0 amide bonds. The van der Waals surface area contributed by atoms with Crippen LogP contribution in [0.25, 0.3) is 11.0 Å². The Morgan fingerprint density at radius 2 is 2.00 bits per heavy atom. The topological polar surface area (TPSA) is 77.4 Å². The number of ether oxygens (including phenoxy) is 1. The van der Waals surface area contributed by atoms with Gasteiger partial charge in [0.15, 0.2) is 5.58 Å². The van der Waals surface area contributed by atoms with Crippen LogP contribution in [0.2, 0.25) is 5.02 Å². The fraction of sp³-hybridized carbons (Fsp3) is 0.400. The molecular formula is C20H21ClN4O2S. The monoisotopic (exact) mass is 416 g/mol. The summed E-state index contributed by atoms with van der Waals surface area (Å²) in [6.45, 7) is 3.80. The molecule has 28 heavy (non-hydrogen) atoms. The van der Waals surface area contributed by atoms with Gasteiger partial charge in [0.05, 0.1) is 28.2 Å². The molecule has 0 atom stereocenters. The van der Waals surface area contributed by atoms with Crippen molar-refractivity contribution >= 4 is 46.0 Å². The van der Waals surface area contributed by atoms with Gasteiger partial charge >= 0.3 is 0 Å². The Hall–Kier alpha value is -1.96. The van der Waals surface area contributed by atoms with E-state index in [4.69, 9.17) is 31.5 Å². The third-order valence-corrected chi connectivity index (χ3v) is 7.42. The summed E-state index contributed by atoms with van der Waals surface area (Å²) in [5.74, 6) is 1.31.